The molecule has 0 saturated heterocycles. The van der Waals surface area contributed by atoms with E-state index >= 15 is 0 Å². The monoisotopic (exact) mass is 505 g/mol. The third-order valence-corrected chi connectivity index (χ3v) is 6.68. The van der Waals surface area contributed by atoms with Crippen molar-refractivity contribution < 1.29 is 18.7 Å². The molecule has 1 aliphatic rings. The van der Waals surface area contributed by atoms with Crippen LogP contribution in [-0.4, -0.2) is 23.2 Å². The minimum atomic E-state index is -0.491. The number of ether oxygens (including phenoxy) is 2. The molecule has 5 aromatic rings. The number of rotatable bonds is 7. The number of methoxy groups -OCH3 is 1. The summed E-state index contributed by atoms with van der Waals surface area (Å²) in [5.74, 6) is 0.874. The Kier molecular flexibility index (Phi) is 6.09. The predicted molar refractivity (Wildman–Crippen MR) is 143 cm³/mol. The van der Waals surface area contributed by atoms with E-state index in [1.807, 2.05) is 78.9 Å². The van der Waals surface area contributed by atoms with Crippen LogP contribution in [0.1, 0.15) is 33.2 Å². The van der Waals surface area contributed by atoms with Crippen molar-refractivity contribution >= 4 is 11.6 Å². The molecule has 1 aromatic heterocycles. The van der Waals surface area contributed by atoms with Crippen LogP contribution in [0.4, 0.5) is 10.1 Å². The molecule has 38 heavy (non-hydrogen) atoms. The molecule has 1 unspecified atom stereocenters. The fraction of sp³-hybridized carbons (Fsp3) is 0.0968. The van der Waals surface area contributed by atoms with Crippen molar-refractivity contribution in [3.8, 4) is 22.8 Å². The van der Waals surface area contributed by atoms with Crippen molar-refractivity contribution in [2.24, 2.45) is 0 Å². The normalized spacial score (nSPS) is 14.4. The van der Waals surface area contributed by atoms with Crippen molar-refractivity contribution in [3.05, 3.63) is 131 Å². The Hall–Kier alpha value is -4.91. The first-order chi connectivity index (χ1) is 18.6. The zero-order valence-electron chi connectivity index (χ0n) is 20.6. The van der Waals surface area contributed by atoms with Crippen LogP contribution >= 0.6 is 0 Å². The fourth-order valence-electron chi connectivity index (χ4n) is 4.79. The Morgan fingerprint density at radius 1 is 0.868 bits per heavy atom. The maximum Gasteiger partial charge on any atom is 0.277 e. The lowest BCUT2D eigenvalue weighted by Crippen LogP contribution is -2.29. The summed E-state index contributed by atoms with van der Waals surface area (Å²) < 4.78 is 25.0. The molecule has 188 valence electrons. The number of hydrogen-bond donors (Lipinski definition) is 1. The molecule has 1 atom stereocenters. The van der Waals surface area contributed by atoms with E-state index in [9.17, 15) is 9.18 Å². The number of aromatic amines is 1. The van der Waals surface area contributed by atoms with Gasteiger partial charge in [-0.1, -0.05) is 42.5 Å². The largest absolute Gasteiger partial charge is 0.497 e. The van der Waals surface area contributed by atoms with E-state index in [2.05, 4.69) is 10.2 Å². The van der Waals surface area contributed by atoms with Crippen molar-refractivity contribution in [1.29, 1.82) is 0 Å². The number of carbonyl (C=O) groups excluding carboxylic acids is 1. The summed E-state index contributed by atoms with van der Waals surface area (Å²) in [5.41, 5.74) is 5.22. The van der Waals surface area contributed by atoms with Crippen molar-refractivity contribution in [1.82, 2.24) is 10.2 Å². The van der Waals surface area contributed by atoms with Crippen molar-refractivity contribution in [2.45, 2.75) is 12.6 Å². The van der Waals surface area contributed by atoms with E-state index in [-0.39, 0.29) is 11.7 Å². The van der Waals surface area contributed by atoms with Crippen LogP contribution in [0.15, 0.2) is 103 Å². The van der Waals surface area contributed by atoms with Crippen LogP contribution < -0.4 is 14.4 Å². The number of anilines is 1. The Morgan fingerprint density at radius 2 is 1.55 bits per heavy atom. The summed E-state index contributed by atoms with van der Waals surface area (Å²) in [5, 5.41) is 7.48. The number of benzene rings is 4. The van der Waals surface area contributed by atoms with E-state index in [4.69, 9.17) is 9.47 Å². The van der Waals surface area contributed by atoms with E-state index in [0.29, 0.717) is 29.4 Å². The number of nitrogens with zero attached hydrogens (tertiary/aromatic N) is 2. The highest BCUT2D eigenvalue weighted by molar-refractivity contribution is 6.11. The van der Waals surface area contributed by atoms with Gasteiger partial charge in [-0.25, -0.2) is 4.39 Å². The molecule has 0 bridgehead atoms. The van der Waals surface area contributed by atoms with Crippen molar-refractivity contribution in [2.75, 3.05) is 12.0 Å². The molecule has 2 heterocycles. The number of fused-ring (bicyclic) bond motifs is 1. The van der Waals surface area contributed by atoms with Gasteiger partial charge in [-0.05, 0) is 71.8 Å². The van der Waals surface area contributed by atoms with Crippen LogP contribution in [0.2, 0.25) is 0 Å². The zero-order chi connectivity index (χ0) is 26.1. The first-order valence-corrected chi connectivity index (χ1v) is 12.2. The highest BCUT2D eigenvalue weighted by atomic mass is 19.1. The van der Waals surface area contributed by atoms with E-state index in [1.165, 1.54) is 12.1 Å². The molecule has 7 heteroatoms. The first kappa shape index (κ1) is 23.5. The summed E-state index contributed by atoms with van der Waals surface area (Å²) in [6.07, 6.45) is 0. The van der Waals surface area contributed by atoms with Gasteiger partial charge < -0.3 is 9.47 Å². The number of hydrogen-bond acceptors (Lipinski definition) is 4. The average Bonchev–Trinajstić information content (AvgIpc) is 3.52. The maximum absolute atomic E-state index is 13.8. The summed E-state index contributed by atoms with van der Waals surface area (Å²) in [4.78, 5) is 15.4. The molecule has 0 aliphatic carbocycles. The molecule has 6 rings (SSSR count). The lowest BCUT2D eigenvalue weighted by molar-refractivity contribution is 0.0988. The van der Waals surface area contributed by atoms with Gasteiger partial charge in [0.2, 0.25) is 0 Å². The van der Waals surface area contributed by atoms with Gasteiger partial charge in [0.25, 0.3) is 5.91 Å². The second kappa shape index (κ2) is 9.86. The predicted octanol–water partition coefficient (Wildman–Crippen LogP) is 6.55. The molecule has 6 nitrogen and oxygen atoms in total. The molecular formula is C31H24FN3O3. The number of amides is 1. The van der Waals surface area contributed by atoms with Crippen LogP contribution in [-0.2, 0) is 6.61 Å². The van der Waals surface area contributed by atoms with Gasteiger partial charge in [0, 0.05) is 16.8 Å². The topological polar surface area (TPSA) is 67.5 Å². The molecule has 4 aromatic carbocycles. The summed E-state index contributed by atoms with van der Waals surface area (Å²) >= 11 is 0. The molecule has 1 aliphatic heterocycles. The van der Waals surface area contributed by atoms with Crippen molar-refractivity contribution in [3.63, 3.8) is 0 Å². The van der Waals surface area contributed by atoms with Gasteiger partial charge in [0.05, 0.1) is 18.8 Å². The number of aromatic nitrogens is 2. The van der Waals surface area contributed by atoms with E-state index < -0.39 is 6.04 Å². The Labute approximate surface area is 219 Å². The van der Waals surface area contributed by atoms with Crippen LogP contribution in [0.5, 0.6) is 11.5 Å². The average molecular weight is 506 g/mol. The molecule has 0 fully saturated rings. The lowest BCUT2D eigenvalue weighted by Gasteiger charge is -2.26. The summed E-state index contributed by atoms with van der Waals surface area (Å²) in [7, 11) is 1.60. The first-order valence-electron chi connectivity index (χ1n) is 12.2. The molecule has 0 radical (unpaired) electrons. The molecule has 1 amide bonds. The Bertz CT molecular complexity index is 1560. The highest BCUT2D eigenvalue weighted by Gasteiger charge is 2.43. The third kappa shape index (κ3) is 4.28. The zero-order valence-corrected chi connectivity index (χ0v) is 20.6. The van der Waals surface area contributed by atoms with Gasteiger partial charge in [0.15, 0.2) is 0 Å². The molecule has 0 saturated carbocycles. The molecule has 1 N–H and O–H groups in total. The highest BCUT2D eigenvalue weighted by Crippen LogP contribution is 2.45. The van der Waals surface area contributed by atoms with Gasteiger partial charge in [0.1, 0.15) is 29.6 Å². The Morgan fingerprint density at radius 3 is 2.24 bits per heavy atom. The number of halogens is 1. The van der Waals surface area contributed by atoms with Crippen LogP contribution in [0.3, 0.4) is 0 Å². The minimum Gasteiger partial charge on any atom is -0.497 e. The van der Waals surface area contributed by atoms with Crippen LogP contribution in [0, 0.1) is 5.82 Å². The SMILES string of the molecule is COc1ccc(N2C(=O)c3[nH]nc(-c4ccc(OCc5ccccc5)cc4)c3C2c2ccc(F)cc2)cc1. The maximum atomic E-state index is 13.8. The number of carbonyl (C=O) groups is 1. The van der Waals surface area contributed by atoms with Gasteiger partial charge in [-0.15, -0.1) is 0 Å². The van der Waals surface area contributed by atoms with Gasteiger partial charge >= 0.3 is 0 Å². The number of H-pyrrole nitrogens is 1. The third-order valence-electron chi connectivity index (χ3n) is 6.68. The second-order valence-corrected chi connectivity index (χ2v) is 8.99. The van der Waals surface area contributed by atoms with E-state index in [1.54, 1.807) is 24.1 Å². The fourth-order valence-corrected chi connectivity index (χ4v) is 4.79. The second-order valence-electron chi connectivity index (χ2n) is 8.99. The quantitative estimate of drug-likeness (QED) is 0.272. The summed E-state index contributed by atoms with van der Waals surface area (Å²) in [6.45, 7) is 0.468. The minimum absolute atomic E-state index is 0.207. The van der Waals surface area contributed by atoms with Gasteiger partial charge in [-0.3, -0.25) is 14.8 Å². The molecule has 0 spiro atoms. The Balaban J connectivity index is 1.36. The lowest BCUT2D eigenvalue weighted by atomic mass is 9.96. The smallest absolute Gasteiger partial charge is 0.277 e. The molecular weight excluding hydrogens is 481 g/mol. The van der Waals surface area contributed by atoms with Gasteiger partial charge in [-0.2, -0.15) is 5.10 Å². The summed E-state index contributed by atoms with van der Waals surface area (Å²) in [6, 6.07) is 30.6. The standard InChI is InChI=1S/C31H24FN3O3/c1-37-25-17-13-24(14-18-25)35-30(22-7-11-23(32)12-8-22)27-28(33-34-29(27)31(35)36)21-9-15-26(16-10-21)38-19-20-5-3-2-4-6-20/h2-18,30H,19H2,1H3,(H,33,34). The van der Waals surface area contributed by atoms with E-state index in [0.717, 1.165) is 28.0 Å². The number of nitrogens with one attached hydrogen (secondary N) is 1. The van der Waals surface area contributed by atoms with Crippen LogP contribution in [0.25, 0.3) is 11.3 Å².